The summed E-state index contributed by atoms with van der Waals surface area (Å²) >= 11 is 0. The summed E-state index contributed by atoms with van der Waals surface area (Å²) in [6, 6.07) is 1.68. The van der Waals surface area contributed by atoms with E-state index >= 15 is 0 Å². The molecule has 0 aliphatic heterocycles. The Hall–Kier alpha value is -2.51. The Morgan fingerprint density at radius 1 is 1.20 bits per heavy atom. The first kappa shape index (κ1) is 20.5. The second kappa shape index (κ2) is 9.71. The van der Waals surface area contributed by atoms with E-state index in [0.29, 0.717) is 12.5 Å². The van der Waals surface area contributed by atoms with Gasteiger partial charge in [-0.2, -0.15) is 0 Å². The molecular formula is C17H22F2N2O4. The van der Waals surface area contributed by atoms with Gasteiger partial charge in [0.2, 0.25) is 5.91 Å². The number of carboxylic acids is 1. The molecule has 0 spiro atoms. The largest absolute Gasteiger partial charge is 0.480 e. The molecule has 0 radical (unpaired) electrons. The first-order valence-corrected chi connectivity index (χ1v) is 7.96. The zero-order chi connectivity index (χ0) is 19.0. The lowest BCUT2D eigenvalue weighted by Gasteiger charge is -2.16. The minimum absolute atomic E-state index is 0.0219. The molecule has 0 heterocycles. The van der Waals surface area contributed by atoms with Gasteiger partial charge in [0.15, 0.2) is 0 Å². The van der Waals surface area contributed by atoms with Crippen LogP contribution in [0.25, 0.3) is 0 Å². The third-order valence-electron chi connectivity index (χ3n) is 3.38. The van der Waals surface area contributed by atoms with Crippen LogP contribution >= 0.6 is 0 Å². The highest BCUT2D eigenvalue weighted by Crippen LogP contribution is 2.09. The molecule has 0 bridgehead atoms. The van der Waals surface area contributed by atoms with Crippen molar-refractivity contribution in [3.63, 3.8) is 0 Å². The number of amides is 2. The van der Waals surface area contributed by atoms with Crippen molar-refractivity contribution in [2.75, 3.05) is 6.54 Å². The lowest BCUT2D eigenvalue weighted by molar-refractivity contribution is -0.142. The number of aliphatic carboxylic acids is 1. The van der Waals surface area contributed by atoms with Crippen molar-refractivity contribution >= 4 is 17.8 Å². The molecule has 0 aromatic heterocycles. The predicted octanol–water partition coefficient (Wildman–Crippen LogP) is 2.09. The summed E-state index contributed by atoms with van der Waals surface area (Å²) in [4.78, 5) is 34.6. The van der Waals surface area contributed by atoms with E-state index in [1.165, 1.54) is 0 Å². The van der Waals surface area contributed by atoms with Crippen LogP contribution in [0.1, 0.15) is 43.5 Å². The summed E-state index contributed by atoms with van der Waals surface area (Å²) in [5.74, 6) is -3.86. The molecule has 25 heavy (non-hydrogen) atoms. The van der Waals surface area contributed by atoms with Gasteiger partial charge in [0.1, 0.15) is 17.7 Å². The Labute approximate surface area is 144 Å². The van der Waals surface area contributed by atoms with E-state index in [2.05, 4.69) is 10.6 Å². The highest BCUT2D eigenvalue weighted by Gasteiger charge is 2.20. The molecule has 0 aliphatic rings. The summed E-state index contributed by atoms with van der Waals surface area (Å²) in [7, 11) is 0. The molecule has 3 N–H and O–H groups in total. The molecular weight excluding hydrogens is 334 g/mol. The van der Waals surface area contributed by atoms with E-state index < -0.39 is 35.5 Å². The number of halogens is 2. The van der Waals surface area contributed by atoms with E-state index in [0.717, 1.165) is 12.1 Å². The summed E-state index contributed by atoms with van der Waals surface area (Å²) in [6.45, 7) is 3.81. The van der Waals surface area contributed by atoms with Gasteiger partial charge in [-0.3, -0.25) is 9.59 Å². The summed E-state index contributed by atoms with van der Waals surface area (Å²) in [5.41, 5.74) is -0.284. The second-order valence-electron chi connectivity index (χ2n) is 6.07. The Morgan fingerprint density at radius 3 is 2.44 bits per heavy atom. The zero-order valence-electron chi connectivity index (χ0n) is 14.1. The lowest BCUT2D eigenvalue weighted by atomic mass is 10.0. The molecule has 1 rings (SSSR count). The van der Waals surface area contributed by atoms with Gasteiger partial charge in [0, 0.05) is 19.0 Å². The number of carbonyl (C=O) groups is 3. The first-order valence-electron chi connectivity index (χ1n) is 7.96. The zero-order valence-corrected chi connectivity index (χ0v) is 14.1. The van der Waals surface area contributed by atoms with Crippen LogP contribution in [0.5, 0.6) is 0 Å². The quantitative estimate of drug-likeness (QED) is 0.591. The number of carbonyl (C=O) groups excluding carboxylic acids is 2. The van der Waals surface area contributed by atoms with Gasteiger partial charge in [-0.05, 0) is 30.9 Å². The van der Waals surface area contributed by atoms with Crippen LogP contribution in [0.4, 0.5) is 8.78 Å². The second-order valence-corrected chi connectivity index (χ2v) is 6.07. The standard InChI is InChI=1S/C17H22F2N2O4/c1-10(2)8-14(17(24)25)21-15(22)4-3-7-20-16(23)12-6-5-11(18)9-13(12)19/h5-6,9-10,14H,3-4,7-8H2,1-2H3,(H,20,23)(H,21,22)(H,24,25)/t14-/m1/s1. The van der Waals surface area contributed by atoms with E-state index in [1.807, 2.05) is 13.8 Å². The first-order chi connectivity index (χ1) is 11.7. The molecule has 1 aromatic rings. The van der Waals surface area contributed by atoms with Crippen molar-refractivity contribution in [1.82, 2.24) is 10.6 Å². The Morgan fingerprint density at radius 2 is 1.88 bits per heavy atom. The predicted molar refractivity (Wildman–Crippen MR) is 86.9 cm³/mol. The highest BCUT2D eigenvalue weighted by molar-refractivity contribution is 5.94. The Bertz CT molecular complexity index is 635. The molecule has 138 valence electrons. The van der Waals surface area contributed by atoms with E-state index in [1.54, 1.807) is 0 Å². The van der Waals surface area contributed by atoms with Crippen LogP contribution in [0.2, 0.25) is 0 Å². The number of benzene rings is 1. The Kier molecular flexibility index (Phi) is 7.97. The molecule has 0 saturated carbocycles. The van der Waals surface area contributed by atoms with E-state index in [9.17, 15) is 23.2 Å². The van der Waals surface area contributed by atoms with Crippen LogP contribution in [0.3, 0.4) is 0 Å². The number of rotatable bonds is 9. The van der Waals surface area contributed by atoms with Crippen molar-refractivity contribution in [3.8, 4) is 0 Å². The summed E-state index contributed by atoms with van der Waals surface area (Å²) < 4.78 is 26.2. The van der Waals surface area contributed by atoms with Crippen molar-refractivity contribution in [2.45, 2.75) is 39.2 Å². The van der Waals surface area contributed by atoms with E-state index in [4.69, 9.17) is 5.11 Å². The minimum Gasteiger partial charge on any atom is -0.480 e. The van der Waals surface area contributed by atoms with Crippen molar-refractivity contribution in [1.29, 1.82) is 0 Å². The average molecular weight is 356 g/mol. The third-order valence-corrected chi connectivity index (χ3v) is 3.38. The maximum atomic E-state index is 13.4. The van der Waals surface area contributed by atoms with Gasteiger partial charge in [-0.25, -0.2) is 13.6 Å². The molecule has 8 heteroatoms. The SMILES string of the molecule is CC(C)C[C@@H](NC(=O)CCCNC(=O)c1ccc(F)cc1F)C(=O)O. The Balaban J connectivity index is 2.38. The molecule has 1 aromatic carbocycles. The van der Waals surface area contributed by atoms with Crippen LogP contribution in [-0.2, 0) is 9.59 Å². The van der Waals surface area contributed by atoms with Crippen LogP contribution in [0, 0.1) is 17.6 Å². The maximum absolute atomic E-state index is 13.4. The average Bonchev–Trinajstić information content (AvgIpc) is 2.50. The van der Waals surface area contributed by atoms with Crippen LogP contribution in [-0.4, -0.2) is 35.5 Å². The van der Waals surface area contributed by atoms with Crippen LogP contribution < -0.4 is 10.6 Å². The molecule has 2 amide bonds. The van der Waals surface area contributed by atoms with Gasteiger partial charge in [0.05, 0.1) is 5.56 Å². The van der Waals surface area contributed by atoms with Crippen molar-refractivity contribution in [3.05, 3.63) is 35.4 Å². The lowest BCUT2D eigenvalue weighted by Crippen LogP contribution is -2.41. The molecule has 0 unspecified atom stereocenters. The minimum atomic E-state index is -1.10. The summed E-state index contributed by atoms with van der Waals surface area (Å²) in [6.07, 6.45) is 0.601. The summed E-state index contributed by atoms with van der Waals surface area (Å²) in [5, 5.41) is 13.9. The fourth-order valence-corrected chi connectivity index (χ4v) is 2.18. The number of carboxylic acid groups (broad SMARTS) is 1. The van der Waals surface area contributed by atoms with Gasteiger partial charge in [0.25, 0.3) is 5.91 Å². The normalized spacial score (nSPS) is 11.9. The van der Waals surface area contributed by atoms with Crippen molar-refractivity contribution in [2.24, 2.45) is 5.92 Å². The van der Waals surface area contributed by atoms with E-state index in [-0.39, 0.29) is 30.9 Å². The number of nitrogens with one attached hydrogen (secondary N) is 2. The van der Waals surface area contributed by atoms with Gasteiger partial charge >= 0.3 is 5.97 Å². The molecule has 0 aliphatic carbocycles. The van der Waals surface area contributed by atoms with Crippen LogP contribution in [0.15, 0.2) is 18.2 Å². The molecule has 0 fully saturated rings. The monoisotopic (exact) mass is 356 g/mol. The number of hydrogen-bond acceptors (Lipinski definition) is 3. The van der Waals surface area contributed by atoms with Crippen molar-refractivity contribution < 1.29 is 28.3 Å². The van der Waals surface area contributed by atoms with Gasteiger partial charge < -0.3 is 15.7 Å². The smallest absolute Gasteiger partial charge is 0.326 e. The fraction of sp³-hybridized carbons (Fsp3) is 0.471. The molecule has 6 nitrogen and oxygen atoms in total. The fourth-order valence-electron chi connectivity index (χ4n) is 2.18. The van der Waals surface area contributed by atoms with Gasteiger partial charge in [-0.1, -0.05) is 13.8 Å². The molecule has 0 saturated heterocycles. The third kappa shape index (κ3) is 7.28. The topological polar surface area (TPSA) is 95.5 Å². The number of hydrogen-bond donors (Lipinski definition) is 3. The molecule has 1 atom stereocenters. The highest BCUT2D eigenvalue weighted by atomic mass is 19.1. The van der Waals surface area contributed by atoms with Gasteiger partial charge in [-0.15, -0.1) is 0 Å². The maximum Gasteiger partial charge on any atom is 0.326 e.